The molecule has 0 radical (unpaired) electrons. The van der Waals surface area contributed by atoms with Crippen LogP contribution in [-0.2, 0) is 0 Å². The predicted molar refractivity (Wildman–Crippen MR) is 67.5 cm³/mol. The van der Waals surface area contributed by atoms with Crippen molar-refractivity contribution in [3.63, 3.8) is 0 Å². The molecule has 5 nitrogen and oxygen atoms in total. The third-order valence-electron chi connectivity index (χ3n) is 2.91. The number of carbonyl (C=O) groups excluding carboxylic acids is 1. The highest BCUT2D eigenvalue weighted by Crippen LogP contribution is 2.21. The van der Waals surface area contributed by atoms with Gasteiger partial charge in [0.05, 0.1) is 5.56 Å². The van der Waals surface area contributed by atoms with E-state index in [2.05, 4.69) is 16.9 Å². The van der Waals surface area contributed by atoms with Crippen molar-refractivity contribution in [2.24, 2.45) is 5.73 Å². The highest BCUT2D eigenvalue weighted by atomic mass is 35.5. The molecule has 1 amide bonds. The van der Waals surface area contributed by atoms with E-state index in [-0.39, 0.29) is 0 Å². The SMILES string of the molecule is CN1CCN(c2nc(Cl)ccc2C(N)=O)CC1. The molecule has 0 aliphatic carbocycles. The summed E-state index contributed by atoms with van der Waals surface area (Å²) in [5.41, 5.74) is 5.77. The number of primary amides is 1. The summed E-state index contributed by atoms with van der Waals surface area (Å²) in [6.07, 6.45) is 0. The molecular formula is C11H15ClN4O. The smallest absolute Gasteiger partial charge is 0.252 e. The molecule has 2 N–H and O–H groups in total. The molecule has 1 aromatic rings. The zero-order valence-corrected chi connectivity index (χ0v) is 10.4. The van der Waals surface area contributed by atoms with Gasteiger partial charge in [-0.1, -0.05) is 11.6 Å². The fourth-order valence-corrected chi connectivity index (χ4v) is 2.02. The van der Waals surface area contributed by atoms with E-state index in [0.717, 1.165) is 26.2 Å². The zero-order chi connectivity index (χ0) is 12.4. The summed E-state index contributed by atoms with van der Waals surface area (Å²) in [5, 5.41) is 0.379. The highest BCUT2D eigenvalue weighted by Gasteiger charge is 2.20. The standard InChI is InChI=1S/C11H15ClN4O/c1-15-4-6-16(7-5-15)11-8(10(13)17)2-3-9(12)14-11/h2-3H,4-7H2,1H3,(H2,13,17). The van der Waals surface area contributed by atoms with Gasteiger partial charge in [0.25, 0.3) is 5.91 Å². The van der Waals surface area contributed by atoms with Crippen LogP contribution in [0.1, 0.15) is 10.4 Å². The lowest BCUT2D eigenvalue weighted by molar-refractivity contribution is 0.100. The van der Waals surface area contributed by atoms with Gasteiger partial charge in [0, 0.05) is 26.2 Å². The van der Waals surface area contributed by atoms with Crippen LogP contribution in [0.5, 0.6) is 0 Å². The first kappa shape index (κ1) is 12.1. The summed E-state index contributed by atoms with van der Waals surface area (Å²) in [6.45, 7) is 3.52. The largest absolute Gasteiger partial charge is 0.365 e. The molecule has 1 aromatic heterocycles. The van der Waals surface area contributed by atoms with E-state index in [1.807, 2.05) is 4.90 Å². The molecule has 1 saturated heterocycles. The maximum Gasteiger partial charge on any atom is 0.252 e. The van der Waals surface area contributed by atoms with Gasteiger partial charge in [-0.3, -0.25) is 4.79 Å². The van der Waals surface area contributed by atoms with Gasteiger partial charge in [-0.15, -0.1) is 0 Å². The number of nitrogens with zero attached hydrogens (tertiary/aromatic N) is 3. The second-order valence-corrected chi connectivity index (χ2v) is 4.55. The van der Waals surface area contributed by atoms with E-state index >= 15 is 0 Å². The van der Waals surface area contributed by atoms with E-state index < -0.39 is 5.91 Å². The van der Waals surface area contributed by atoms with Crippen molar-refractivity contribution in [2.45, 2.75) is 0 Å². The molecule has 2 rings (SSSR count). The number of amides is 1. The number of carbonyl (C=O) groups is 1. The first-order valence-corrected chi connectivity index (χ1v) is 5.85. The third-order valence-corrected chi connectivity index (χ3v) is 3.12. The minimum Gasteiger partial charge on any atom is -0.365 e. The Labute approximate surface area is 105 Å². The normalized spacial score (nSPS) is 17.2. The summed E-state index contributed by atoms with van der Waals surface area (Å²) in [7, 11) is 2.07. The summed E-state index contributed by atoms with van der Waals surface area (Å²) in [6, 6.07) is 3.21. The molecule has 0 aromatic carbocycles. The van der Waals surface area contributed by atoms with Crippen LogP contribution < -0.4 is 10.6 Å². The number of rotatable bonds is 2. The van der Waals surface area contributed by atoms with E-state index in [1.54, 1.807) is 12.1 Å². The van der Waals surface area contributed by atoms with Crippen LogP contribution in [0.2, 0.25) is 5.15 Å². The van der Waals surface area contributed by atoms with Gasteiger partial charge in [0.1, 0.15) is 11.0 Å². The Morgan fingerprint density at radius 2 is 2.00 bits per heavy atom. The van der Waals surface area contributed by atoms with E-state index in [9.17, 15) is 4.79 Å². The fraction of sp³-hybridized carbons (Fsp3) is 0.455. The monoisotopic (exact) mass is 254 g/mol. The summed E-state index contributed by atoms with van der Waals surface area (Å²) < 4.78 is 0. The van der Waals surface area contributed by atoms with Crippen molar-refractivity contribution in [1.29, 1.82) is 0 Å². The Balaban J connectivity index is 2.30. The van der Waals surface area contributed by atoms with Gasteiger partial charge in [-0.2, -0.15) is 0 Å². The Kier molecular flexibility index (Phi) is 3.49. The highest BCUT2D eigenvalue weighted by molar-refractivity contribution is 6.29. The first-order chi connectivity index (χ1) is 8.08. The lowest BCUT2D eigenvalue weighted by atomic mass is 10.2. The van der Waals surface area contributed by atoms with Crippen molar-refractivity contribution in [2.75, 3.05) is 38.1 Å². The Hall–Kier alpha value is -1.33. The molecule has 0 spiro atoms. The molecular weight excluding hydrogens is 240 g/mol. The predicted octanol–water partition coefficient (Wildman–Crippen LogP) is 0.586. The number of nitrogens with two attached hydrogens (primary N) is 1. The molecule has 92 valence electrons. The number of anilines is 1. The average molecular weight is 255 g/mol. The van der Waals surface area contributed by atoms with Gasteiger partial charge in [-0.05, 0) is 19.2 Å². The molecule has 1 aliphatic rings. The fourth-order valence-electron chi connectivity index (χ4n) is 1.88. The second kappa shape index (κ2) is 4.89. The summed E-state index contributed by atoms with van der Waals surface area (Å²) in [4.78, 5) is 19.8. The van der Waals surface area contributed by atoms with Crippen molar-refractivity contribution in [3.8, 4) is 0 Å². The molecule has 17 heavy (non-hydrogen) atoms. The average Bonchev–Trinajstić information content (AvgIpc) is 2.29. The minimum absolute atomic E-state index is 0.379. The van der Waals surface area contributed by atoms with Gasteiger partial charge >= 0.3 is 0 Å². The number of likely N-dealkylation sites (N-methyl/N-ethyl adjacent to an activating group) is 1. The second-order valence-electron chi connectivity index (χ2n) is 4.16. The lowest BCUT2D eigenvalue weighted by Gasteiger charge is -2.33. The van der Waals surface area contributed by atoms with E-state index in [0.29, 0.717) is 16.5 Å². The quantitative estimate of drug-likeness (QED) is 0.785. The maximum atomic E-state index is 11.3. The Morgan fingerprint density at radius 1 is 1.35 bits per heavy atom. The van der Waals surface area contributed by atoms with E-state index in [1.165, 1.54) is 0 Å². The first-order valence-electron chi connectivity index (χ1n) is 5.48. The zero-order valence-electron chi connectivity index (χ0n) is 9.69. The van der Waals surface area contributed by atoms with Gasteiger partial charge in [0.2, 0.25) is 0 Å². The van der Waals surface area contributed by atoms with Crippen molar-refractivity contribution < 1.29 is 4.79 Å². The van der Waals surface area contributed by atoms with Crippen molar-refractivity contribution in [1.82, 2.24) is 9.88 Å². The number of aromatic nitrogens is 1. The maximum absolute atomic E-state index is 11.3. The number of piperazine rings is 1. The van der Waals surface area contributed by atoms with Crippen LogP contribution in [0, 0.1) is 0 Å². The van der Waals surface area contributed by atoms with Crippen molar-refractivity contribution >= 4 is 23.3 Å². The van der Waals surface area contributed by atoms with Gasteiger partial charge < -0.3 is 15.5 Å². The Morgan fingerprint density at radius 3 is 2.59 bits per heavy atom. The van der Waals surface area contributed by atoms with Gasteiger partial charge in [0.15, 0.2) is 0 Å². The number of hydrogen-bond donors (Lipinski definition) is 1. The summed E-state index contributed by atoms with van der Waals surface area (Å²) >= 11 is 5.87. The molecule has 1 aliphatic heterocycles. The van der Waals surface area contributed by atoms with Crippen LogP contribution in [0.15, 0.2) is 12.1 Å². The van der Waals surface area contributed by atoms with E-state index in [4.69, 9.17) is 17.3 Å². The van der Waals surface area contributed by atoms with Crippen LogP contribution in [0.3, 0.4) is 0 Å². The van der Waals surface area contributed by atoms with Crippen LogP contribution >= 0.6 is 11.6 Å². The summed E-state index contributed by atoms with van der Waals surface area (Å²) in [5.74, 6) is 0.126. The molecule has 0 atom stereocenters. The topological polar surface area (TPSA) is 62.5 Å². The molecule has 0 bridgehead atoms. The number of pyridine rings is 1. The van der Waals surface area contributed by atoms with Crippen LogP contribution in [0.25, 0.3) is 0 Å². The van der Waals surface area contributed by atoms with Crippen LogP contribution in [0.4, 0.5) is 5.82 Å². The molecule has 0 saturated carbocycles. The third kappa shape index (κ3) is 2.68. The number of halogens is 1. The molecule has 6 heteroatoms. The number of hydrogen-bond acceptors (Lipinski definition) is 4. The molecule has 1 fully saturated rings. The van der Waals surface area contributed by atoms with Crippen LogP contribution in [-0.4, -0.2) is 49.0 Å². The molecule has 2 heterocycles. The minimum atomic E-state index is -0.469. The Bertz CT molecular complexity index is 429. The van der Waals surface area contributed by atoms with Gasteiger partial charge in [-0.25, -0.2) is 4.98 Å². The molecule has 0 unspecified atom stereocenters. The van der Waals surface area contributed by atoms with Crippen molar-refractivity contribution in [3.05, 3.63) is 22.8 Å². The lowest BCUT2D eigenvalue weighted by Crippen LogP contribution is -2.45.